The molecule has 1 aromatic rings. The Morgan fingerprint density at radius 3 is 2.72 bits per heavy atom. The van der Waals surface area contributed by atoms with Crippen molar-refractivity contribution in [1.29, 1.82) is 0 Å². The van der Waals surface area contributed by atoms with Crippen LogP contribution < -0.4 is 16.8 Å². The Labute approximate surface area is 109 Å². The van der Waals surface area contributed by atoms with Gasteiger partial charge in [0.15, 0.2) is 0 Å². The van der Waals surface area contributed by atoms with Gasteiger partial charge in [-0.15, -0.1) is 0 Å². The maximum atomic E-state index is 6.28. The van der Waals surface area contributed by atoms with Crippen LogP contribution in [0.1, 0.15) is 34.7 Å². The van der Waals surface area contributed by atoms with Crippen molar-refractivity contribution >= 4 is 17.3 Å². The third-order valence-corrected chi connectivity index (χ3v) is 3.60. The largest absolute Gasteiger partial charge is 0.398 e. The molecule has 1 aromatic carbocycles. The number of nitrogens with two attached hydrogens (primary N) is 2. The van der Waals surface area contributed by atoms with Crippen LogP contribution >= 0.6 is 0 Å². The second-order valence-electron chi connectivity index (χ2n) is 4.75. The predicted molar refractivity (Wildman–Crippen MR) is 79.0 cm³/mol. The molecule has 0 fully saturated rings. The van der Waals surface area contributed by atoms with Crippen LogP contribution in [0.25, 0.3) is 11.6 Å². The van der Waals surface area contributed by atoms with E-state index in [0.717, 1.165) is 41.9 Å². The fourth-order valence-corrected chi connectivity index (χ4v) is 2.82. The summed E-state index contributed by atoms with van der Waals surface area (Å²) in [5.41, 5.74) is 19.8. The smallest absolute Gasteiger partial charge is 0.0427 e. The molecule has 5 N–H and O–H groups in total. The summed E-state index contributed by atoms with van der Waals surface area (Å²) in [5, 5.41) is 3.39. The van der Waals surface area contributed by atoms with Crippen LogP contribution in [0.3, 0.4) is 0 Å². The molecule has 0 radical (unpaired) electrons. The molecule has 0 bridgehead atoms. The van der Waals surface area contributed by atoms with E-state index in [1.54, 1.807) is 0 Å². The van der Waals surface area contributed by atoms with Crippen LogP contribution in [0.4, 0.5) is 5.69 Å². The fraction of sp³-hybridized carbons (Fsp3) is 0.333. The Morgan fingerprint density at radius 2 is 2.17 bits per heavy atom. The third-order valence-electron chi connectivity index (χ3n) is 3.60. The summed E-state index contributed by atoms with van der Waals surface area (Å²) < 4.78 is 0. The highest BCUT2D eigenvalue weighted by molar-refractivity contribution is 5.81. The van der Waals surface area contributed by atoms with Crippen molar-refractivity contribution in [2.45, 2.75) is 26.4 Å². The first-order valence-corrected chi connectivity index (χ1v) is 6.27. The van der Waals surface area contributed by atoms with Crippen LogP contribution in [-0.4, -0.2) is 6.54 Å². The number of hydrogen-bond acceptors (Lipinski definition) is 3. The predicted octanol–water partition coefficient (Wildman–Crippen LogP) is 2.05. The highest BCUT2D eigenvalue weighted by Crippen LogP contribution is 2.36. The number of fused-ring (bicyclic) bond motifs is 1. The molecule has 1 heterocycles. The maximum Gasteiger partial charge on any atom is 0.0427 e. The summed E-state index contributed by atoms with van der Waals surface area (Å²) in [7, 11) is 0. The molecular weight excluding hydrogens is 222 g/mol. The average Bonchev–Trinajstić information content (AvgIpc) is 2.38. The van der Waals surface area contributed by atoms with Gasteiger partial charge in [0.1, 0.15) is 0 Å². The number of nitrogens with one attached hydrogen (secondary N) is 1. The van der Waals surface area contributed by atoms with Crippen molar-refractivity contribution in [1.82, 2.24) is 5.32 Å². The number of rotatable bonds is 3. The number of anilines is 1. The molecular formula is C15H21N3. The van der Waals surface area contributed by atoms with Crippen LogP contribution in [0.5, 0.6) is 0 Å². The van der Waals surface area contributed by atoms with Crippen LogP contribution in [0.15, 0.2) is 13.2 Å². The van der Waals surface area contributed by atoms with Gasteiger partial charge in [-0.3, -0.25) is 0 Å². The van der Waals surface area contributed by atoms with Gasteiger partial charge in [-0.25, -0.2) is 0 Å². The van der Waals surface area contributed by atoms with Gasteiger partial charge in [-0.05, 0) is 42.1 Å². The van der Waals surface area contributed by atoms with Gasteiger partial charge in [0.2, 0.25) is 0 Å². The van der Waals surface area contributed by atoms with Gasteiger partial charge < -0.3 is 16.8 Å². The summed E-state index contributed by atoms with van der Waals surface area (Å²) in [5.74, 6) is 0. The molecule has 0 saturated carbocycles. The molecule has 0 spiro atoms. The van der Waals surface area contributed by atoms with E-state index in [9.17, 15) is 0 Å². The maximum absolute atomic E-state index is 6.28. The lowest BCUT2D eigenvalue weighted by Gasteiger charge is -2.27. The van der Waals surface area contributed by atoms with Crippen molar-refractivity contribution in [3.8, 4) is 0 Å². The molecule has 1 aliphatic rings. The molecule has 2 rings (SSSR count). The van der Waals surface area contributed by atoms with E-state index < -0.39 is 0 Å². The minimum atomic E-state index is 0.459. The summed E-state index contributed by atoms with van der Waals surface area (Å²) in [4.78, 5) is 0. The lowest BCUT2D eigenvalue weighted by molar-refractivity contribution is 0.642. The molecule has 0 saturated heterocycles. The molecule has 96 valence electrons. The van der Waals surface area contributed by atoms with Gasteiger partial charge >= 0.3 is 0 Å². The van der Waals surface area contributed by atoms with Gasteiger partial charge in [0.05, 0.1) is 0 Å². The summed E-state index contributed by atoms with van der Waals surface area (Å²) in [6.45, 7) is 12.2. The van der Waals surface area contributed by atoms with Crippen molar-refractivity contribution < 1.29 is 0 Å². The van der Waals surface area contributed by atoms with Crippen molar-refractivity contribution in [2.24, 2.45) is 5.73 Å². The lowest BCUT2D eigenvalue weighted by Crippen LogP contribution is -2.27. The molecule has 18 heavy (non-hydrogen) atoms. The Morgan fingerprint density at radius 1 is 1.44 bits per heavy atom. The normalized spacial score (nSPS) is 14.1. The number of allylic oxidation sites excluding steroid dienone is 1. The van der Waals surface area contributed by atoms with Crippen molar-refractivity contribution in [3.63, 3.8) is 0 Å². The van der Waals surface area contributed by atoms with Gasteiger partial charge in [-0.2, -0.15) is 0 Å². The van der Waals surface area contributed by atoms with E-state index in [4.69, 9.17) is 11.5 Å². The minimum Gasteiger partial charge on any atom is -0.398 e. The van der Waals surface area contributed by atoms with Crippen molar-refractivity contribution in [2.75, 3.05) is 12.3 Å². The van der Waals surface area contributed by atoms with Gasteiger partial charge in [0.25, 0.3) is 0 Å². The molecule has 0 atom stereocenters. The second-order valence-corrected chi connectivity index (χ2v) is 4.75. The summed E-state index contributed by atoms with van der Waals surface area (Å²) in [6.07, 6.45) is 2.76. The highest BCUT2D eigenvalue weighted by Gasteiger charge is 2.22. The Kier molecular flexibility index (Phi) is 3.55. The van der Waals surface area contributed by atoms with E-state index in [1.165, 1.54) is 16.7 Å². The lowest BCUT2D eigenvalue weighted by atomic mass is 9.84. The zero-order chi connectivity index (χ0) is 13.3. The molecule has 0 aromatic heterocycles. The third kappa shape index (κ3) is 1.85. The van der Waals surface area contributed by atoms with Crippen LogP contribution in [-0.2, 0) is 19.5 Å². The highest BCUT2D eigenvalue weighted by atomic mass is 14.9. The van der Waals surface area contributed by atoms with E-state index in [-0.39, 0.29) is 0 Å². The summed E-state index contributed by atoms with van der Waals surface area (Å²) in [6, 6.07) is 0. The molecule has 0 amide bonds. The monoisotopic (exact) mass is 243 g/mol. The minimum absolute atomic E-state index is 0.459. The second kappa shape index (κ2) is 4.96. The molecule has 0 aliphatic carbocycles. The van der Waals surface area contributed by atoms with Gasteiger partial charge in [-0.1, -0.05) is 24.8 Å². The first-order chi connectivity index (χ1) is 8.61. The summed E-state index contributed by atoms with van der Waals surface area (Å²) >= 11 is 0. The number of hydrogen-bond donors (Lipinski definition) is 3. The Hall–Kier alpha value is -1.58. The fourth-order valence-electron chi connectivity index (χ4n) is 2.82. The first-order valence-electron chi connectivity index (χ1n) is 6.27. The zero-order valence-corrected chi connectivity index (χ0v) is 11.0. The number of nitrogen functional groups attached to an aromatic ring is 1. The number of benzene rings is 1. The van der Waals surface area contributed by atoms with E-state index in [1.807, 2.05) is 13.0 Å². The van der Waals surface area contributed by atoms with E-state index in [0.29, 0.717) is 6.54 Å². The SMILES string of the molecule is C=Cc1c(N)c2c(c(C(=C)C)c1CN)CNCC2. The van der Waals surface area contributed by atoms with E-state index in [2.05, 4.69) is 18.5 Å². The topological polar surface area (TPSA) is 64.1 Å². The van der Waals surface area contributed by atoms with Crippen LogP contribution in [0.2, 0.25) is 0 Å². The Bertz CT molecular complexity index is 515. The molecule has 3 heteroatoms. The molecule has 3 nitrogen and oxygen atoms in total. The van der Waals surface area contributed by atoms with Crippen molar-refractivity contribution in [3.05, 3.63) is 41.0 Å². The zero-order valence-electron chi connectivity index (χ0n) is 11.0. The van der Waals surface area contributed by atoms with Gasteiger partial charge in [0, 0.05) is 24.3 Å². The quantitative estimate of drug-likeness (QED) is 0.712. The molecule has 0 unspecified atom stereocenters. The molecule has 1 aliphatic heterocycles. The first kappa shape index (κ1) is 12.9. The standard InChI is InChI=1S/C15H21N3/c1-4-10-12(7-16)14(9(2)3)13-8-18-6-5-11(13)15(10)17/h4,18H,1-2,5-8,16-17H2,3H3. The van der Waals surface area contributed by atoms with Crippen LogP contribution in [0, 0.1) is 0 Å². The average molecular weight is 243 g/mol. The van der Waals surface area contributed by atoms with E-state index >= 15 is 0 Å². The Balaban J connectivity index is 2.84.